The highest BCUT2D eigenvalue weighted by atomic mass is 16.6. The van der Waals surface area contributed by atoms with Gasteiger partial charge >= 0.3 is 5.97 Å². The molecule has 0 aromatic heterocycles. The Hall–Kier alpha value is -2.60. The summed E-state index contributed by atoms with van der Waals surface area (Å²) >= 11 is 0. The first-order chi connectivity index (χ1) is 9.58. The molecule has 0 heterocycles. The van der Waals surface area contributed by atoms with Crippen LogP contribution in [0.1, 0.15) is 31.4 Å². The van der Waals surface area contributed by atoms with Gasteiger partial charge in [-0.1, -0.05) is 17.2 Å². The van der Waals surface area contributed by atoms with Gasteiger partial charge in [-0.25, -0.2) is 0 Å². The fourth-order valence-electron chi connectivity index (χ4n) is 1.66. The largest absolute Gasteiger partial charge is 0.466 e. The van der Waals surface area contributed by atoms with Crippen molar-refractivity contribution in [1.82, 2.24) is 0 Å². The predicted molar refractivity (Wildman–Crippen MR) is 70.9 cm³/mol. The number of non-ortho nitro benzene ring substituents is 1. The average molecular weight is 278 g/mol. The van der Waals surface area contributed by atoms with Crippen LogP contribution in [-0.4, -0.2) is 17.5 Å². The van der Waals surface area contributed by atoms with Crippen LogP contribution in [0.15, 0.2) is 29.4 Å². The number of benzene rings is 1. The van der Waals surface area contributed by atoms with Crippen molar-refractivity contribution in [3.63, 3.8) is 0 Å². The number of azide groups is 1. The molecule has 0 saturated carbocycles. The minimum atomic E-state index is -0.551. The second-order valence-electron chi connectivity index (χ2n) is 3.91. The summed E-state index contributed by atoms with van der Waals surface area (Å²) in [6, 6.07) is 5.15. The molecule has 0 aliphatic heterocycles. The Morgan fingerprint density at radius 1 is 1.50 bits per heavy atom. The van der Waals surface area contributed by atoms with Crippen LogP contribution in [0.25, 0.3) is 10.4 Å². The zero-order valence-corrected chi connectivity index (χ0v) is 10.9. The maximum atomic E-state index is 11.3. The number of nitro groups is 1. The van der Waals surface area contributed by atoms with Gasteiger partial charge in [-0.05, 0) is 24.4 Å². The Labute approximate surface area is 115 Å². The molecule has 0 bridgehead atoms. The number of carbonyl (C=O) groups excluding carboxylic acids is 1. The summed E-state index contributed by atoms with van der Waals surface area (Å²) in [5.74, 6) is -0.368. The lowest BCUT2D eigenvalue weighted by Gasteiger charge is -2.10. The molecular weight excluding hydrogens is 264 g/mol. The maximum Gasteiger partial charge on any atom is 0.305 e. The number of carbonyl (C=O) groups is 1. The van der Waals surface area contributed by atoms with Crippen LogP contribution in [0.4, 0.5) is 5.69 Å². The van der Waals surface area contributed by atoms with Gasteiger partial charge in [0, 0.05) is 23.5 Å². The zero-order chi connectivity index (χ0) is 15.0. The normalized spacial score (nSPS) is 11.2. The van der Waals surface area contributed by atoms with Gasteiger partial charge in [-0.2, -0.15) is 0 Å². The molecule has 8 nitrogen and oxygen atoms in total. The van der Waals surface area contributed by atoms with Crippen molar-refractivity contribution in [2.24, 2.45) is 5.11 Å². The van der Waals surface area contributed by atoms with E-state index in [1.54, 1.807) is 6.92 Å². The van der Waals surface area contributed by atoms with E-state index in [1.165, 1.54) is 24.3 Å². The standard InChI is InChI=1S/C12H14N4O4/c1-2-20-12(17)8-7-11(14-15-13)9-3-5-10(6-4-9)16(18)19/h3-6,11H,2,7-8H2,1H3. The lowest BCUT2D eigenvalue weighted by molar-refractivity contribution is -0.384. The third-order valence-corrected chi connectivity index (χ3v) is 2.61. The number of hydrogen-bond donors (Lipinski definition) is 0. The van der Waals surface area contributed by atoms with Crippen LogP contribution in [-0.2, 0) is 9.53 Å². The van der Waals surface area contributed by atoms with E-state index in [-0.39, 0.29) is 18.1 Å². The van der Waals surface area contributed by atoms with Crippen molar-refractivity contribution < 1.29 is 14.5 Å². The van der Waals surface area contributed by atoms with E-state index in [4.69, 9.17) is 10.3 Å². The van der Waals surface area contributed by atoms with Crippen LogP contribution < -0.4 is 0 Å². The lowest BCUT2D eigenvalue weighted by Crippen LogP contribution is -2.06. The molecular formula is C12H14N4O4. The van der Waals surface area contributed by atoms with Crippen molar-refractivity contribution in [3.8, 4) is 0 Å². The highest BCUT2D eigenvalue weighted by Crippen LogP contribution is 2.25. The van der Waals surface area contributed by atoms with Crippen molar-refractivity contribution in [3.05, 3.63) is 50.4 Å². The summed E-state index contributed by atoms with van der Waals surface area (Å²) in [5, 5.41) is 14.2. The molecule has 8 heteroatoms. The van der Waals surface area contributed by atoms with Crippen LogP contribution >= 0.6 is 0 Å². The van der Waals surface area contributed by atoms with Gasteiger partial charge in [0.15, 0.2) is 0 Å². The molecule has 0 amide bonds. The monoisotopic (exact) mass is 278 g/mol. The summed E-state index contributed by atoms with van der Waals surface area (Å²) in [4.78, 5) is 24.1. The number of rotatable bonds is 7. The summed E-state index contributed by atoms with van der Waals surface area (Å²) < 4.78 is 4.79. The Bertz CT molecular complexity index is 523. The molecule has 0 radical (unpaired) electrons. The van der Waals surface area contributed by atoms with Crippen molar-refractivity contribution in [2.75, 3.05) is 6.61 Å². The van der Waals surface area contributed by atoms with Gasteiger partial charge in [0.25, 0.3) is 5.69 Å². The van der Waals surface area contributed by atoms with E-state index in [2.05, 4.69) is 10.0 Å². The molecule has 1 aromatic carbocycles. The SMILES string of the molecule is CCOC(=O)CCC(N=[N+]=[N-])c1ccc([N+](=O)[O-])cc1. The smallest absolute Gasteiger partial charge is 0.305 e. The average Bonchev–Trinajstić information content (AvgIpc) is 2.44. The number of ether oxygens (including phenoxy) is 1. The summed E-state index contributed by atoms with van der Waals surface area (Å²) in [7, 11) is 0. The lowest BCUT2D eigenvalue weighted by atomic mass is 10.0. The molecule has 1 rings (SSSR count). The number of hydrogen-bond acceptors (Lipinski definition) is 5. The first kappa shape index (κ1) is 15.5. The van der Waals surface area contributed by atoms with Crippen LogP contribution in [0.3, 0.4) is 0 Å². The van der Waals surface area contributed by atoms with Crippen LogP contribution in [0.5, 0.6) is 0 Å². The highest BCUT2D eigenvalue weighted by molar-refractivity contribution is 5.69. The Morgan fingerprint density at radius 2 is 2.15 bits per heavy atom. The molecule has 106 valence electrons. The molecule has 0 fully saturated rings. The van der Waals surface area contributed by atoms with Gasteiger partial charge in [0.05, 0.1) is 17.6 Å². The van der Waals surface area contributed by atoms with Gasteiger partial charge in [0.1, 0.15) is 0 Å². The minimum absolute atomic E-state index is 0.0428. The Morgan fingerprint density at radius 3 is 2.65 bits per heavy atom. The maximum absolute atomic E-state index is 11.3. The Balaban J connectivity index is 2.77. The molecule has 0 saturated heterocycles. The number of nitro benzene ring substituents is 1. The molecule has 1 atom stereocenters. The quantitative estimate of drug-likeness (QED) is 0.190. The van der Waals surface area contributed by atoms with Crippen LogP contribution in [0.2, 0.25) is 0 Å². The van der Waals surface area contributed by atoms with Crippen molar-refractivity contribution in [1.29, 1.82) is 0 Å². The molecule has 0 spiro atoms. The van der Waals surface area contributed by atoms with Gasteiger partial charge in [-0.15, -0.1) is 0 Å². The summed E-state index contributed by atoms with van der Waals surface area (Å²) in [6.45, 7) is 2.00. The van der Waals surface area contributed by atoms with Gasteiger partial charge < -0.3 is 4.74 Å². The van der Waals surface area contributed by atoms with Crippen molar-refractivity contribution in [2.45, 2.75) is 25.8 Å². The highest BCUT2D eigenvalue weighted by Gasteiger charge is 2.14. The third-order valence-electron chi connectivity index (χ3n) is 2.61. The van der Waals surface area contributed by atoms with E-state index in [9.17, 15) is 14.9 Å². The van der Waals surface area contributed by atoms with Gasteiger partial charge in [0.2, 0.25) is 0 Å². The van der Waals surface area contributed by atoms with E-state index >= 15 is 0 Å². The zero-order valence-electron chi connectivity index (χ0n) is 10.9. The summed E-state index contributed by atoms with van der Waals surface area (Å²) in [5.41, 5.74) is 9.12. The summed E-state index contributed by atoms with van der Waals surface area (Å²) in [6.07, 6.45) is 0.412. The second kappa shape index (κ2) is 7.75. The fourth-order valence-corrected chi connectivity index (χ4v) is 1.66. The molecule has 0 aliphatic carbocycles. The molecule has 0 aliphatic rings. The second-order valence-corrected chi connectivity index (χ2v) is 3.91. The molecule has 1 aromatic rings. The minimum Gasteiger partial charge on any atom is -0.466 e. The van der Waals surface area contributed by atoms with E-state index in [1.807, 2.05) is 0 Å². The molecule has 0 N–H and O–H groups in total. The third kappa shape index (κ3) is 4.58. The Kier molecular flexibility index (Phi) is 5.99. The first-order valence-corrected chi connectivity index (χ1v) is 6.02. The van der Waals surface area contributed by atoms with E-state index < -0.39 is 11.0 Å². The van der Waals surface area contributed by atoms with Crippen LogP contribution in [0, 0.1) is 10.1 Å². The first-order valence-electron chi connectivity index (χ1n) is 6.02. The fraction of sp³-hybridized carbons (Fsp3) is 0.417. The van der Waals surface area contributed by atoms with E-state index in [0.29, 0.717) is 18.6 Å². The van der Waals surface area contributed by atoms with Gasteiger partial charge in [-0.3, -0.25) is 14.9 Å². The van der Waals surface area contributed by atoms with E-state index in [0.717, 1.165) is 0 Å². The predicted octanol–water partition coefficient (Wildman–Crippen LogP) is 3.29. The molecule has 1 unspecified atom stereocenters. The number of esters is 1. The van der Waals surface area contributed by atoms with Crippen molar-refractivity contribution >= 4 is 11.7 Å². The topological polar surface area (TPSA) is 118 Å². The molecule has 20 heavy (non-hydrogen) atoms. The number of nitrogens with zero attached hydrogens (tertiary/aromatic N) is 4.